The number of benzene rings is 7. The highest BCUT2D eigenvalue weighted by Gasteiger charge is 2.21. The third-order valence-electron chi connectivity index (χ3n) is 9.80. The van der Waals surface area contributed by atoms with Crippen LogP contribution in [0.3, 0.4) is 0 Å². The molecule has 0 saturated carbocycles. The Balaban J connectivity index is 1.21. The highest BCUT2D eigenvalue weighted by molar-refractivity contribution is 6.68. The molecular weight excluding hydrogens is 647 g/mol. The molecule has 234 valence electrons. The van der Waals surface area contributed by atoms with Crippen LogP contribution in [0.25, 0.3) is 94.4 Å². The topological polar surface area (TPSA) is 82.5 Å². The molecule has 12 heteroatoms. The van der Waals surface area contributed by atoms with Crippen molar-refractivity contribution in [2.75, 3.05) is 0 Å². The average Bonchev–Trinajstić information content (AvgIpc) is 3.81. The van der Waals surface area contributed by atoms with Crippen molar-refractivity contribution in [3.05, 3.63) is 115 Å². The lowest BCUT2D eigenvalue weighted by Gasteiger charge is -2.20. The van der Waals surface area contributed by atoms with Crippen LogP contribution in [-0.2, 0) is 0 Å². The zero-order chi connectivity index (χ0) is 36.0. The molecule has 3 heterocycles. The minimum absolute atomic E-state index is 0.103. The molecule has 0 N–H and O–H groups in total. The Morgan fingerprint density at radius 2 is 1.17 bits per heavy atom. The standard InChI is InChI=1S/C41H19B5N6O/c42-33-32(34(43)36(45)37(46)35(33)44)41-48-39(47-40(49-41)26-10-6-12-29-31(26)25-9-4-5-11-28(25)53-29)22-15-17-24-21(19-22)14-13-20-16-18-27-38(30(20)24)51-52(50-27)23-7-2-1-3-8-23/h1-19H. The predicted octanol–water partition coefficient (Wildman–Crippen LogP) is 3.78. The molecule has 0 aliphatic heterocycles. The first-order chi connectivity index (χ1) is 25.8. The van der Waals surface area contributed by atoms with E-state index in [0.717, 1.165) is 65.7 Å². The van der Waals surface area contributed by atoms with E-state index in [-0.39, 0.29) is 38.7 Å². The van der Waals surface area contributed by atoms with E-state index in [4.69, 9.17) is 68.8 Å². The summed E-state index contributed by atoms with van der Waals surface area (Å²) >= 11 is 0. The second kappa shape index (κ2) is 11.8. The molecule has 53 heavy (non-hydrogen) atoms. The molecule has 0 atom stereocenters. The van der Waals surface area contributed by atoms with Crippen LogP contribution in [0, 0.1) is 0 Å². The van der Waals surface area contributed by atoms with Gasteiger partial charge in [-0.05, 0) is 52.6 Å². The van der Waals surface area contributed by atoms with Gasteiger partial charge in [-0.25, -0.2) is 15.0 Å². The number of fused-ring (bicyclic) bond motifs is 8. The lowest BCUT2D eigenvalue weighted by Crippen LogP contribution is -2.55. The molecule has 0 aliphatic rings. The van der Waals surface area contributed by atoms with E-state index >= 15 is 0 Å². The van der Waals surface area contributed by atoms with Crippen molar-refractivity contribution in [2.45, 2.75) is 0 Å². The van der Waals surface area contributed by atoms with Gasteiger partial charge in [0.25, 0.3) is 0 Å². The van der Waals surface area contributed by atoms with Crippen molar-refractivity contribution >= 4 is 121 Å². The first kappa shape index (κ1) is 31.3. The summed E-state index contributed by atoms with van der Waals surface area (Å²) in [4.78, 5) is 16.6. The third-order valence-corrected chi connectivity index (χ3v) is 9.80. The van der Waals surface area contributed by atoms with Gasteiger partial charge in [0.2, 0.25) is 0 Å². The number of rotatable bonds is 4. The van der Waals surface area contributed by atoms with Crippen LogP contribution in [-0.4, -0.2) is 69.2 Å². The summed E-state index contributed by atoms with van der Waals surface area (Å²) < 4.78 is 6.20. The number of hydrogen-bond acceptors (Lipinski definition) is 6. The van der Waals surface area contributed by atoms with Crippen LogP contribution in [0.1, 0.15) is 0 Å². The molecule has 0 aliphatic carbocycles. The first-order valence-corrected chi connectivity index (χ1v) is 16.8. The highest BCUT2D eigenvalue weighted by Crippen LogP contribution is 2.37. The van der Waals surface area contributed by atoms with Crippen LogP contribution in [0.15, 0.2) is 120 Å². The van der Waals surface area contributed by atoms with Gasteiger partial charge in [0.05, 0.1) is 5.69 Å². The van der Waals surface area contributed by atoms with Gasteiger partial charge in [0.15, 0.2) is 17.5 Å². The minimum Gasteiger partial charge on any atom is -0.456 e. The SMILES string of the molecule is [B]c1c([B])c([B])c(-c2nc(-c3ccc4c(ccc5ccc6nn(-c7ccccc7)nc6c54)c3)nc(-c3cccc4oc5ccccc5c34)n2)c([B])c1[B]. The molecule has 0 fully saturated rings. The maximum atomic E-state index is 6.55. The zero-order valence-corrected chi connectivity index (χ0v) is 27.9. The predicted molar refractivity (Wildman–Crippen MR) is 218 cm³/mol. The molecule has 7 nitrogen and oxygen atoms in total. The van der Waals surface area contributed by atoms with E-state index in [1.807, 2.05) is 91.0 Å². The molecule has 10 rings (SSSR count). The van der Waals surface area contributed by atoms with Crippen molar-refractivity contribution in [1.82, 2.24) is 29.9 Å². The lowest BCUT2D eigenvalue weighted by molar-refractivity contribution is 0.669. The summed E-state index contributed by atoms with van der Waals surface area (Å²) in [6.45, 7) is 0. The summed E-state index contributed by atoms with van der Waals surface area (Å²) in [5, 5.41) is 15.5. The van der Waals surface area contributed by atoms with Crippen molar-refractivity contribution in [2.24, 2.45) is 0 Å². The van der Waals surface area contributed by atoms with Crippen LogP contribution < -0.4 is 27.3 Å². The highest BCUT2D eigenvalue weighted by atomic mass is 16.3. The van der Waals surface area contributed by atoms with Crippen LogP contribution in [0.2, 0.25) is 0 Å². The summed E-state index contributed by atoms with van der Waals surface area (Å²) in [7, 11) is 31.9. The molecule has 0 unspecified atom stereocenters. The van der Waals surface area contributed by atoms with Gasteiger partial charge in [0, 0.05) is 32.8 Å². The van der Waals surface area contributed by atoms with E-state index in [1.165, 1.54) is 0 Å². The maximum absolute atomic E-state index is 6.55. The maximum Gasteiger partial charge on any atom is 0.164 e. The van der Waals surface area contributed by atoms with Gasteiger partial charge in [-0.15, -0.1) is 26.6 Å². The minimum atomic E-state index is 0.103. The quantitative estimate of drug-likeness (QED) is 0.210. The van der Waals surface area contributed by atoms with Crippen molar-refractivity contribution < 1.29 is 4.42 Å². The van der Waals surface area contributed by atoms with Gasteiger partial charge in [-0.3, -0.25) is 0 Å². The summed E-state index contributed by atoms with van der Waals surface area (Å²) in [6, 6.07) is 37.8. The normalized spacial score (nSPS) is 11.8. The Bertz CT molecular complexity index is 3110. The van der Waals surface area contributed by atoms with Crippen molar-refractivity contribution in [3.63, 3.8) is 0 Å². The van der Waals surface area contributed by atoms with Crippen LogP contribution in [0.4, 0.5) is 0 Å². The molecule has 0 amide bonds. The molecule has 0 spiro atoms. The zero-order valence-electron chi connectivity index (χ0n) is 27.9. The molecule has 7 aromatic carbocycles. The van der Waals surface area contributed by atoms with Gasteiger partial charge in [-0.1, -0.05) is 89.8 Å². The van der Waals surface area contributed by atoms with Gasteiger partial charge in [0.1, 0.15) is 61.4 Å². The Morgan fingerprint density at radius 3 is 2.00 bits per heavy atom. The molecule has 10 aromatic rings. The average molecular weight is 666 g/mol. The molecule has 0 bridgehead atoms. The van der Waals surface area contributed by atoms with Gasteiger partial charge < -0.3 is 4.42 Å². The third kappa shape index (κ3) is 4.86. The monoisotopic (exact) mass is 666 g/mol. The van der Waals surface area contributed by atoms with Crippen LogP contribution >= 0.6 is 0 Å². The number of furan rings is 1. The largest absolute Gasteiger partial charge is 0.456 e. The second-order valence-electron chi connectivity index (χ2n) is 12.9. The van der Waals surface area contributed by atoms with Gasteiger partial charge in [-0.2, -0.15) is 4.80 Å². The Hall–Kier alpha value is -6.41. The fourth-order valence-electron chi connectivity index (χ4n) is 7.13. The summed E-state index contributed by atoms with van der Waals surface area (Å²) in [5.74, 6) is 0.964. The molecule has 0 saturated heterocycles. The van der Waals surface area contributed by atoms with Crippen molar-refractivity contribution in [1.29, 1.82) is 0 Å². The summed E-state index contributed by atoms with van der Waals surface area (Å²) in [6.07, 6.45) is 0. The number of hydrogen-bond donors (Lipinski definition) is 0. The van der Waals surface area contributed by atoms with Crippen molar-refractivity contribution in [3.8, 4) is 39.9 Å². The first-order valence-electron chi connectivity index (χ1n) is 16.8. The molecular formula is C41H19B5N6O. The van der Waals surface area contributed by atoms with E-state index in [9.17, 15) is 0 Å². The van der Waals surface area contributed by atoms with Gasteiger partial charge >= 0.3 is 0 Å². The molecule has 3 aromatic heterocycles. The lowest BCUT2D eigenvalue weighted by atomic mass is 9.60. The fraction of sp³-hybridized carbons (Fsp3) is 0. The van der Waals surface area contributed by atoms with E-state index in [1.54, 1.807) is 4.80 Å². The molecule has 10 radical (unpaired) electrons. The van der Waals surface area contributed by atoms with Crippen LogP contribution in [0.5, 0.6) is 0 Å². The summed E-state index contributed by atoms with van der Waals surface area (Å²) in [5.41, 5.74) is 6.24. The smallest absolute Gasteiger partial charge is 0.164 e. The Morgan fingerprint density at radius 1 is 0.491 bits per heavy atom. The second-order valence-corrected chi connectivity index (χ2v) is 12.9. The number of aromatic nitrogens is 6. The number of nitrogens with zero attached hydrogens (tertiary/aromatic N) is 6. The van der Waals surface area contributed by atoms with E-state index in [0.29, 0.717) is 17.2 Å². The Labute approximate surface area is 309 Å². The Kier molecular flexibility index (Phi) is 6.99. The fourth-order valence-corrected chi connectivity index (χ4v) is 7.13. The number of para-hydroxylation sites is 2. The van der Waals surface area contributed by atoms with E-state index < -0.39 is 0 Å². The van der Waals surface area contributed by atoms with E-state index in [2.05, 4.69) is 24.3 Å².